The molecule has 2 heteroatoms. The van der Waals surface area contributed by atoms with Gasteiger partial charge in [-0.2, -0.15) is 0 Å². The van der Waals surface area contributed by atoms with Crippen LogP contribution in [0.5, 0.6) is 0 Å². The van der Waals surface area contributed by atoms with Gasteiger partial charge in [-0.25, -0.2) is 0 Å². The molecule has 2 aliphatic rings. The second-order valence-electron chi connectivity index (χ2n) is 4.48. The SMILES string of the molecule is Cc1ccccc1C1C=C2[NH2+]C=CC2=CC1=O. The third-order valence-electron chi connectivity index (χ3n) is 3.36. The monoisotopic (exact) mass is 224 g/mol. The van der Waals surface area contributed by atoms with E-state index in [0.717, 1.165) is 16.8 Å². The molecule has 0 bridgehead atoms. The number of hydrogen-bond acceptors (Lipinski definition) is 1. The van der Waals surface area contributed by atoms with Crippen LogP contribution in [0.1, 0.15) is 17.0 Å². The van der Waals surface area contributed by atoms with Crippen molar-refractivity contribution in [2.45, 2.75) is 12.8 Å². The zero-order valence-electron chi connectivity index (χ0n) is 9.68. The molecule has 2 nitrogen and oxygen atoms in total. The van der Waals surface area contributed by atoms with Gasteiger partial charge in [0.05, 0.1) is 12.1 Å². The van der Waals surface area contributed by atoms with Gasteiger partial charge in [-0.15, -0.1) is 0 Å². The zero-order valence-corrected chi connectivity index (χ0v) is 9.68. The highest BCUT2D eigenvalue weighted by atomic mass is 16.1. The largest absolute Gasteiger partial charge is 0.294 e. The highest BCUT2D eigenvalue weighted by molar-refractivity contribution is 6.00. The summed E-state index contributed by atoms with van der Waals surface area (Å²) in [6.45, 7) is 2.05. The first-order chi connectivity index (χ1) is 8.25. The number of ketones is 1. The van der Waals surface area contributed by atoms with Gasteiger partial charge in [0.2, 0.25) is 0 Å². The minimum Gasteiger partial charge on any atom is -0.294 e. The Labute approximate surface area is 100 Å². The van der Waals surface area contributed by atoms with Gasteiger partial charge in [0.25, 0.3) is 0 Å². The Morgan fingerprint density at radius 3 is 2.88 bits per heavy atom. The summed E-state index contributed by atoms with van der Waals surface area (Å²) in [5.41, 5.74) is 4.49. The van der Waals surface area contributed by atoms with Crippen LogP contribution in [-0.4, -0.2) is 5.78 Å². The van der Waals surface area contributed by atoms with Crippen LogP contribution in [0.25, 0.3) is 0 Å². The van der Waals surface area contributed by atoms with Gasteiger partial charge in [-0.05, 0) is 30.2 Å². The predicted molar refractivity (Wildman–Crippen MR) is 66.2 cm³/mol. The molecule has 0 radical (unpaired) electrons. The molecule has 17 heavy (non-hydrogen) atoms. The summed E-state index contributed by atoms with van der Waals surface area (Å²) in [6, 6.07) is 8.08. The number of quaternary nitrogens is 1. The Bertz CT molecular complexity index is 578. The van der Waals surface area contributed by atoms with Crippen LogP contribution < -0.4 is 5.32 Å². The second kappa shape index (κ2) is 3.82. The van der Waals surface area contributed by atoms with Crippen molar-refractivity contribution in [3.8, 4) is 0 Å². The summed E-state index contributed by atoms with van der Waals surface area (Å²) in [4.78, 5) is 12.1. The van der Waals surface area contributed by atoms with E-state index in [1.165, 1.54) is 5.56 Å². The number of carbonyl (C=O) groups excluding carboxylic acids is 1. The third-order valence-corrected chi connectivity index (χ3v) is 3.36. The van der Waals surface area contributed by atoms with Gasteiger partial charge in [-0.3, -0.25) is 10.1 Å². The minimum atomic E-state index is -0.119. The third kappa shape index (κ3) is 1.67. The molecule has 1 aliphatic carbocycles. The van der Waals surface area contributed by atoms with Crippen molar-refractivity contribution in [1.29, 1.82) is 0 Å². The van der Waals surface area contributed by atoms with E-state index in [9.17, 15) is 4.79 Å². The average molecular weight is 224 g/mol. The fourth-order valence-corrected chi connectivity index (χ4v) is 2.41. The van der Waals surface area contributed by atoms with Crippen LogP contribution in [0.3, 0.4) is 0 Å². The van der Waals surface area contributed by atoms with Crippen molar-refractivity contribution >= 4 is 5.78 Å². The van der Waals surface area contributed by atoms with Crippen molar-refractivity contribution in [1.82, 2.24) is 0 Å². The lowest BCUT2D eigenvalue weighted by atomic mass is 9.86. The molecule has 3 rings (SSSR count). The van der Waals surface area contributed by atoms with Crippen molar-refractivity contribution in [3.05, 3.63) is 71.1 Å². The van der Waals surface area contributed by atoms with Crippen molar-refractivity contribution in [2.24, 2.45) is 0 Å². The lowest BCUT2D eigenvalue weighted by molar-refractivity contribution is -0.525. The molecule has 1 aromatic rings. The van der Waals surface area contributed by atoms with E-state index in [2.05, 4.69) is 24.4 Å². The highest BCUT2D eigenvalue weighted by Gasteiger charge is 2.27. The molecule has 0 saturated carbocycles. The number of carbonyl (C=O) groups is 1. The van der Waals surface area contributed by atoms with Crippen LogP contribution in [0.4, 0.5) is 0 Å². The van der Waals surface area contributed by atoms with E-state index in [0.29, 0.717) is 0 Å². The maximum Gasteiger partial charge on any atom is 0.167 e. The number of rotatable bonds is 1. The first kappa shape index (κ1) is 10.2. The molecule has 0 aromatic heterocycles. The summed E-state index contributed by atoms with van der Waals surface area (Å²) in [5, 5.41) is 2.06. The van der Waals surface area contributed by atoms with Crippen molar-refractivity contribution in [3.63, 3.8) is 0 Å². The molecule has 0 amide bonds. The van der Waals surface area contributed by atoms with Gasteiger partial charge >= 0.3 is 0 Å². The van der Waals surface area contributed by atoms with Crippen LogP contribution in [0.2, 0.25) is 0 Å². The maximum absolute atomic E-state index is 12.1. The fourth-order valence-electron chi connectivity index (χ4n) is 2.41. The Balaban J connectivity index is 2.04. The van der Waals surface area contributed by atoms with Gasteiger partial charge < -0.3 is 0 Å². The standard InChI is InChI=1S/C15H13NO/c1-10-4-2-3-5-12(10)13-9-14-11(6-7-16-14)8-15(13)17/h2-9,13,16H,1H3/p+1. The lowest BCUT2D eigenvalue weighted by Gasteiger charge is -2.16. The summed E-state index contributed by atoms with van der Waals surface area (Å²) in [5.74, 6) is 0.0594. The van der Waals surface area contributed by atoms with Gasteiger partial charge in [0, 0.05) is 11.6 Å². The van der Waals surface area contributed by atoms with Gasteiger partial charge in [-0.1, -0.05) is 24.3 Å². The van der Waals surface area contributed by atoms with Crippen LogP contribution in [0.15, 0.2) is 60.0 Å². The summed E-state index contributed by atoms with van der Waals surface area (Å²) < 4.78 is 0. The molecule has 2 N–H and O–H groups in total. The molecule has 0 saturated heterocycles. The topological polar surface area (TPSA) is 33.7 Å². The molecular formula is C15H14NO+. The number of aryl methyl sites for hydroxylation is 1. The molecule has 1 unspecified atom stereocenters. The minimum absolute atomic E-state index is 0.119. The average Bonchev–Trinajstić information content (AvgIpc) is 2.76. The lowest BCUT2D eigenvalue weighted by Crippen LogP contribution is -2.73. The Morgan fingerprint density at radius 2 is 2.06 bits per heavy atom. The Morgan fingerprint density at radius 1 is 1.24 bits per heavy atom. The Hall–Kier alpha value is -1.93. The molecule has 0 spiro atoms. The molecule has 84 valence electrons. The smallest absolute Gasteiger partial charge is 0.167 e. The van der Waals surface area contributed by atoms with E-state index < -0.39 is 0 Å². The highest BCUT2D eigenvalue weighted by Crippen LogP contribution is 2.29. The normalized spacial score (nSPS) is 22.2. The van der Waals surface area contributed by atoms with Crippen LogP contribution in [-0.2, 0) is 4.79 Å². The number of benzene rings is 1. The molecule has 1 atom stereocenters. The van der Waals surface area contributed by atoms with E-state index in [1.54, 1.807) is 6.08 Å². The summed E-state index contributed by atoms with van der Waals surface area (Å²) in [6.07, 6.45) is 7.80. The fraction of sp³-hybridized carbons (Fsp3) is 0.133. The Kier molecular flexibility index (Phi) is 2.30. The number of nitrogens with two attached hydrogens (primary N) is 1. The van der Waals surface area contributed by atoms with Gasteiger partial charge in [0.15, 0.2) is 5.78 Å². The molecule has 1 aromatic carbocycles. The predicted octanol–water partition coefficient (Wildman–Crippen LogP) is 1.56. The van der Waals surface area contributed by atoms with E-state index in [-0.39, 0.29) is 11.7 Å². The van der Waals surface area contributed by atoms with E-state index in [1.807, 2.05) is 30.5 Å². The van der Waals surface area contributed by atoms with Gasteiger partial charge in [0.1, 0.15) is 5.70 Å². The zero-order chi connectivity index (χ0) is 11.8. The summed E-state index contributed by atoms with van der Waals surface area (Å²) >= 11 is 0. The molecule has 0 fully saturated rings. The first-order valence-electron chi connectivity index (χ1n) is 5.80. The first-order valence-corrected chi connectivity index (χ1v) is 5.80. The number of fused-ring (bicyclic) bond motifs is 1. The number of hydrogen-bond donors (Lipinski definition) is 1. The van der Waals surface area contributed by atoms with Crippen LogP contribution in [0, 0.1) is 6.92 Å². The van der Waals surface area contributed by atoms with E-state index >= 15 is 0 Å². The maximum atomic E-state index is 12.1. The second-order valence-corrected chi connectivity index (χ2v) is 4.48. The van der Waals surface area contributed by atoms with Crippen molar-refractivity contribution < 1.29 is 10.1 Å². The van der Waals surface area contributed by atoms with Crippen LogP contribution >= 0.6 is 0 Å². The molecular weight excluding hydrogens is 210 g/mol. The van der Waals surface area contributed by atoms with Crippen molar-refractivity contribution in [2.75, 3.05) is 0 Å². The molecule has 1 aliphatic heterocycles. The molecule has 1 heterocycles. The summed E-state index contributed by atoms with van der Waals surface area (Å²) in [7, 11) is 0. The quantitative estimate of drug-likeness (QED) is 0.771. The van der Waals surface area contributed by atoms with E-state index in [4.69, 9.17) is 0 Å². The number of allylic oxidation sites excluding steroid dienone is 3.